The molecular weight excluding hydrogens is 453 g/mol. The number of rotatable bonds is 5. The van der Waals surface area contributed by atoms with Gasteiger partial charge in [0.1, 0.15) is 6.04 Å². The molecule has 0 spiro atoms. The SMILES string of the molecule is O=C(N[C@@H](Cc1cnc[nH]1)C(=O)O)c1cc(Br)ccc1I. The minimum Gasteiger partial charge on any atom is -0.480 e. The normalized spacial score (nSPS) is 11.9. The lowest BCUT2D eigenvalue weighted by molar-refractivity contribution is -0.139. The number of imidazole rings is 1. The van der Waals surface area contributed by atoms with Gasteiger partial charge in [-0.05, 0) is 40.8 Å². The average molecular weight is 464 g/mol. The fraction of sp³-hybridized carbons (Fsp3) is 0.154. The zero-order valence-electron chi connectivity index (χ0n) is 10.6. The van der Waals surface area contributed by atoms with Gasteiger partial charge in [0, 0.05) is 26.4 Å². The summed E-state index contributed by atoms with van der Waals surface area (Å²) < 4.78 is 1.51. The van der Waals surface area contributed by atoms with Crippen LogP contribution in [0.2, 0.25) is 0 Å². The minimum absolute atomic E-state index is 0.144. The van der Waals surface area contributed by atoms with Crippen molar-refractivity contribution in [2.45, 2.75) is 12.5 Å². The van der Waals surface area contributed by atoms with Gasteiger partial charge in [0.05, 0.1) is 11.9 Å². The standard InChI is InChI=1S/C13H11BrIN3O3/c14-7-1-2-10(15)9(3-7)12(19)18-11(13(20)21)4-8-5-16-6-17-8/h1-3,5-6,11H,4H2,(H,16,17)(H,18,19)(H,20,21)/t11-/m0/s1. The first-order valence-corrected chi connectivity index (χ1v) is 7.80. The summed E-state index contributed by atoms with van der Waals surface area (Å²) in [5.74, 6) is -1.52. The van der Waals surface area contributed by atoms with Crippen molar-refractivity contribution < 1.29 is 14.7 Å². The number of nitrogens with one attached hydrogen (secondary N) is 2. The second-order valence-corrected chi connectivity index (χ2v) is 6.35. The van der Waals surface area contributed by atoms with Gasteiger partial charge in [-0.1, -0.05) is 15.9 Å². The number of carboxylic acid groups (broad SMARTS) is 1. The molecular formula is C13H11BrIN3O3. The Kier molecular flexibility index (Phi) is 5.34. The summed E-state index contributed by atoms with van der Waals surface area (Å²) in [5.41, 5.74) is 1.08. The number of hydrogen-bond acceptors (Lipinski definition) is 3. The number of aromatic amines is 1. The van der Waals surface area contributed by atoms with E-state index in [1.165, 1.54) is 12.5 Å². The number of halogens is 2. The Morgan fingerprint density at radius 1 is 1.48 bits per heavy atom. The molecule has 0 bridgehead atoms. The molecule has 0 aliphatic heterocycles. The number of aromatic nitrogens is 2. The van der Waals surface area contributed by atoms with Crippen LogP contribution in [-0.4, -0.2) is 33.0 Å². The van der Waals surface area contributed by atoms with Gasteiger partial charge in [-0.2, -0.15) is 0 Å². The quantitative estimate of drug-likeness (QED) is 0.592. The van der Waals surface area contributed by atoms with Crippen LogP contribution in [0.1, 0.15) is 16.1 Å². The molecule has 2 aromatic rings. The number of carboxylic acids is 1. The molecule has 0 aliphatic rings. The number of carbonyl (C=O) groups is 2. The van der Waals surface area contributed by atoms with Gasteiger partial charge in [0.15, 0.2) is 0 Å². The van der Waals surface area contributed by atoms with E-state index in [-0.39, 0.29) is 6.42 Å². The Balaban J connectivity index is 2.14. The predicted octanol–water partition coefficient (Wildman–Crippen LogP) is 2.20. The molecule has 1 amide bonds. The van der Waals surface area contributed by atoms with Crippen molar-refractivity contribution in [3.8, 4) is 0 Å². The van der Waals surface area contributed by atoms with Crippen LogP contribution in [0.3, 0.4) is 0 Å². The first-order chi connectivity index (χ1) is 9.97. The largest absolute Gasteiger partial charge is 0.480 e. The highest BCUT2D eigenvalue weighted by atomic mass is 127. The monoisotopic (exact) mass is 463 g/mol. The molecule has 0 radical (unpaired) electrons. The van der Waals surface area contributed by atoms with Gasteiger partial charge in [-0.25, -0.2) is 9.78 Å². The lowest BCUT2D eigenvalue weighted by Crippen LogP contribution is -2.42. The van der Waals surface area contributed by atoms with Gasteiger partial charge in [0.25, 0.3) is 5.91 Å². The Morgan fingerprint density at radius 3 is 2.86 bits per heavy atom. The third-order valence-corrected chi connectivity index (χ3v) is 4.19. The summed E-state index contributed by atoms with van der Waals surface area (Å²) in [6.07, 6.45) is 3.14. The molecule has 1 aromatic carbocycles. The molecule has 2 rings (SSSR count). The van der Waals surface area contributed by atoms with E-state index >= 15 is 0 Å². The Bertz CT molecular complexity index is 661. The van der Waals surface area contributed by atoms with Crippen LogP contribution in [0.15, 0.2) is 35.2 Å². The molecule has 6 nitrogen and oxygen atoms in total. The molecule has 1 aromatic heterocycles. The zero-order chi connectivity index (χ0) is 15.4. The van der Waals surface area contributed by atoms with E-state index in [1.54, 1.807) is 12.1 Å². The number of benzene rings is 1. The molecule has 110 valence electrons. The molecule has 0 saturated heterocycles. The Morgan fingerprint density at radius 2 is 2.24 bits per heavy atom. The maximum atomic E-state index is 12.2. The van der Waals surface area contributed by atoms with Gasteiger partial charge < -0.3 is 15.4 Å². The van der Waals surface area contributed by atoms with Crippen molar-refractivity contribution >= 4 is 50.4 Å². The van der Waals surface area contributed by atoms with Crippen LogP contribution < -0.4 is 5.32 Å². The summed E-state index contributed by atoms with van der Waals surface area (Å²) in [4.78, 5) is 30.2. The summed E-state index contributed by atoms with van der Waals surface area (Å²) in [6.45, 7) is 0. The van der Waals surface area contributed by atoms with E-state index in [0.717, 1.165) is 8.04 Å². The van der Waals surface area contributed by atoms with Gasteiger partial charge in [-0.15, -0.1) is 0 Å². The van der Waals surface area contributed by atoms with E-state index in [1.807, 2.05) is 28.7 Å². The van der Waals surface area contributed by atoms with E-state index < -0.39 is 17.9 Å². The Hall–Kier alpha value is -1.42. The van der Waals surface area contributed by atoms with E-state index in [4.69, 9.17) is 0 Å². The van der Waals surface area contributed by atoms with Crippen molar-refractivity contribution in [3.05, 3.63) is 50.0 Å². The van der Waals surface area contributed by atoms with Crippen LogP contribution in [-0.2, 0) is 11.2 Å². The molecule has 0 fully saturated rings. The van der Waals surface area contributed by atoms with Crippen molar-refractivity contribution in [2.24, 2.45) is 0 Å². The molecule has 21 heavy (non-hydrogen) atoms. The first kappa shape index (κ1) is 16.0. The van der Waals surface area contributed by atoms with Crippen LogP contribution >= 0.6 is 38.5 Å². The second kappa shape index (κ2) is 7.03. The number of aliphatic carboxylic acids is 1. The van der Waals surface area contributed by atoms with Crippen LogP contribution in [0, 0.1) is 3.57 Å². The number of amides is 1. The summed E-state index contributed by atoms with van der Waals surface area (Å²) in [7, 11) is 0. The molecule has 1 heterocycles. The highest BCUT2D eigenvalue weighted by Crippen LogP contribution is 2.18. The highest BCUT2D eigenvalue weighted by Gasteiger charge is 2.22. The smallest absolute Gasteiger partial charge is 0.326 e. The Labute approximate surface area is 142 Å². The lowest BCUT2D eigenvalue weighted by Gasteiger charge is -2.14. The van der Waals surface area contributed by atoms with Crippen molar-refractivity contribution in [1.29, 1.82) is 0 Å². The maximum absolute atomic E-state index is 12.2. The van der Waals surface area contributed by atoms with Crippen LogP contribution in [0.25, 0.3) is 0 Å². The van der Waals surface area contributed by atoms with E-state index in [0.29, 0.717) is 11.3 Å². The van der Waals surface area contributed by atoms with Gasteiger partial charge >= 0.3 is 5.97 Å². The maximum Gasteiger partial charge on any atom is 0.326 e. The molecule has 0 unspecified atom stereocenters. The first-order valence-electron chi connectivity index (χ1n) is 5.93. The molecule has 3 N–H and O–H groups in total. The number of hydrogen-bond donors (Lipinski definition) is 3. The number of nitrogens with zero attached hydrogens (tertiary/aromatic N) is 1. The second-order valence-electron chi connectivity index (χ2n) is 4.27. The fourth-order valence-corrected chi connectivity index (χ4v) is 2.67. The average Bonchev–Trinajstić information content (AvgIpc) is 2.93. The zero-order valence-corrected chi connectivity index (χ0v) is 14.4. The summed E-state index contributed by atoms with van der Waals surface area (Å²) in [6, 6.07) is 4.24. The van der Waals surface area contributed by atoms with Crippen molar-refractivity contribution in [2.75, 3.05) is 0 Å². The summed E-state index contributed by atoms with van der Waals surface area (Å²) in [5, 5.41) is 11.8. The summed E-state index contributed by atoms with van der Waals surface area (Å²) >= 11 is 5.33. The number of carbonyl (C=O) groups excluding carboxylic acids is 1. The highest BCUT2D eigenvalue weighted by molar-refractivity contribution is 14.1. The fourth-order valence-electron chi connectivity index (χ4n) is 1.72. The third kappa shape index (κ3) is 4.27. The predicted molar refractivity (Wildman–Crippen MR) is 88.0 cm³/mol. The van der Waals surface area contributed by atoms with Crippen molar-refractivity contribution in [3.63, 3.8) is 0 Å². The van der Waals surface area contributed by atoms with Gasteiger partial charge in [-0.3, -0.25) is 4.79 Å². The molecule has 0 saturated carbocycles. The molecule has 8 heteroatoms. The lowest BCUT2D eigenvalue weighted by atomic mass is 10.1. The van der Waals surface area contributed by atoms with Gasteiger partial charge in [0.2, 0.25) is 0 Å². The number of H-pyrrole nitrogens is 1. The van der Waals surface area contributed by atoms with Crippen LogP contribution in [0.4, 0.5) is 0 Å². The molecule has 1 atom stereocenters. The van der Waals surface area contributed by atoms with E-state index in [2.05, 4.69) is 31.2 Å². The van der Waals surface area contributed by atoms with Crippen molar-refractivity contribution in [1.82, 2.24) is 15.3 Å². The third-order valence-electron chi connectivity index (χ3n) is 2.76. The van der Waals surface area contributed by atoms with E-state index in [9.17, 15) is 14.7 Å². The van der Waals surface area contributed by atoms with Crippen LogP contribution in [0.5, 0.6) is 0 Å². The minimum atomic E-state index is -1.09. The topological polar surface area (TPSA) is 95.1 Å². The molecule has 0 aliphatic carbocycles.